The smallest absolute Gasteiger partial charge is 0.185 e. The molecule has 1 saturated heterocycles. The van der Waals surface area contributed by atoms with Crippen molar-refractivity contribution in [2.45, 2.75) is 58.4 Å². The molecule has 3 rings (SSSR count). The first kappa shape index (κ1) is 14.3. The molecule has 1 saturated carbocycles. The first-order valence-electron chi connectivity index (χ1n) is 8.14. The predicted octanol–water partition coefficient (Wildman–Crippen LogP) is 3.59. The van der Waals surface area contributed by atoms with E-state index in [1.54, 1.807) is 0 Å². The van der Waals surface area contributed by atoms with Crippen molar-refractivity contribution in [2.75, 3.05) is 25.0 Å². The number of nitrogens with zero attached hydrogens (tertiary/aromatic N) is 2. The number of nitrogens with one attached hydrogen (secondary N) is 1. The summed E-state index contributed by atoms with van der Waals surface area (Å²) in [4.78, 5) is 8.85. The van der Waals surface area contributed by atoms with Crippen LogP contribution in [0.2, 0.25) is 0 Å². The van der Waals surface area contributed by atoms with Crippen molar-refractivity contribution in [1.82, 2.24) is 10.3 Å². The van der Waals surface area contributed by atoms with E-state index in [2.05, 4.69) is 17.1 Å². The number of anilines is 1. The van der Waals surface area contributed by atoms with Gasteiger partial charge in [0.15, 0.2) is 5.13 Å². The molecule has 4 heteroatoms. The zero-order valence-corrected chi connectivity index (χ0v) is 13.7. The number of thiazole rings is 1. The second-order valence-corrected chi connectivity index (χ2v) is 7.51. The van der Waals surface area contributed by atoms with Gasteiger partial charge < -0.3 is 10.2 Å². The van der Waals surface area contributed by atoms with Gasteiger partial charge in [-0.2, -0.15) is 0 Å². The highest BCUT2D eigenvalue weighted by Gasteiger charge is 2.37. The number of rotatable bonds is 4. The molecule has 2 heterocycles. The summed E-state index contributed by atoms with van der Waals surface area (Å²) in [5, 5.41) is 4.53. The fourth-order valence-corrected chi connectivity index (χ4v) is 5.09. The number of hydrogen-bond donors (Lipinski definition) is 1. The molecule has 1 aromatic rings. The van der Waals surface area contributed by atoms with Crippen LogP contribution in [0.15, 0.2) is 0 Å². The molecule has 3 nitrogen and oxygen atoms in total. The second kappa shape index (κ2) is 6.02. The van der Waals surface area contributed by atoms with Gasteiger partial charge in [0.2, 0.25) is 0 Å². The Bertz CT molecular complexity index is 439. The molecule has 1 aliphatic carbocycles. The molecule has 1 N–H and O–H groups in total. The van der Waals surface area contributed by atoms with Crippen molar-refractivity contribution in [3.05, 3.63) is 10.6 Å². The Hall–Kier alpha value is -0.610. The van der Waals surface area contributed by atoms with E-state index in [1.807, 2.05) is 18.4 Å². The van der Waals surface area contributed by atoms with E-state index in [0.717, 1.165) is 13.0 Å². The summed E-state index contributed by atoms with van der Waals surface area (Å²) >= 11 is 1.90. The Morgan fingerprint density at radius 3 is 2.50 bits per heavy atom. The molecule has 2 aliphatic rings. The van der Waals surface area contributed by atoms with E-state index in [1.165, 1.54) is 67.3 Å². The van der Waals surface area contributed by atoms with Gasteiger partial charge in [0.25, 0.3) is 0 Å². The van der Waals surface area contributed by atoms with Crippen LogP contribution in [0, 0.1) is 5.41 Å². The summed E-state index contributed by atoms with van der Waals surface area (Å²) in [5.74, 6) is 0. The summed E-state index contributed by atoms with van der Waals surface area (Å²) in [5.41, 5.74) is 2.00. The van der Waals surface area contributed by atoms with Crippen LogP contribution in [0.1, 0.15) is 56.0 Å². The third-order valence-electron chi connectivity index (χ3n) is 5.20. The molecular formula is C16H27N3S. The lowest BCUT2D eigenvalue weighted by Crippen LogP contribution is -2.38. The maximum absolute atomic E-state index is 4.89. The SMILES string of the molecule is CCc1nc(N2CCC3(CCCC3)CC2)sc1CNC. The Morgan fingerprint density at radius 1 is 1.20 bits per heavy atom. The van der Waals surface area contributed by atoms with Crippen molar-refractivity contribution >= 4 is 16.5 Å². The average molecular weight is 293 g/mol. The second-order valence-electron chi connectivity index (χ2n) is 6.44. The van der Waals surface area contributed by atoms with Gasteiger partial charge >= 0.3 is 0 Å². The first-order chi connectivity index (χ1) is 9.76. The molecule has 112 valence electrons. The number of piperidine rings is 1. The largest absolute Gasteiger partial charge is 0.348 e. The number of aromatic nitrogens is 1. The van der Waals surface area contributed by atoms with Crippen molar-refractivity contribution < 1.29 is 0 Å². The topological polar surface area (TPSA) is 28.2 Å². The van der Waals surface area contributed by atoms with Crippen LogP contribution in [0.3, 0.4) is 0 Å². The standard InChI is InChI=1S/C16H27N3S/c1-3-13-14(12-17-2)20-15(18-13)19-10-8-16(9-11-19)6-4-5-7-16/h17H,3-12H2,1-2H3. The zero-order chi connectivity index (χ0) is 14.0. The normalized spacial score (nSPS) is 21.8. The van der Waals surface area contributed by atoms with Crippen LogP contribution in [0.25, 0.3) is 0 Å². The lowest BCUT2D eigenvalue weighted by molar-refractivity contribution is 0.226. The van der Waals surface area contributed by atoms with Gasteiger partial charge in [0.05, 0.1) is 5.69 Å². The van der Waals surface area contributed by atoms with Gasteiger partial charge in [-0.25, -0.2) is 4.98 Å². The quantitative estimate of drug-likeness (QED) is 0.919. The Labute approximate surface area is 126 Å². The highest BCUT2D eigenvalue weighted by atomic mass is 32.1. The fraction of sp³-hybridized carbons (Fsp3) is 0.812. The Balaban J connectivity index is 1.68. The maximum atomic E-state index is 4.89. The van der Waals surface area contributed by atoms with Crippen molar-refractivity contribution in [2.24, 2.45) is 5.41 Å². The molecule has 0 unspecified atom stereocenters. The van der Waals surface area contributed by atoms with Gasteiger partial charge in [0.1, 0.15) is 0 Å². The van der Waals surface area contributed by atoms with Crippen LogP contribution in [0.5, 0.6) is 0 Å². The van der Waals surface area contributed by atoms with E-state index in [4.69, 9.17) is 4.98 Å². The van der Waals surface area contributed by atoms with E-state index in [0.29, 0.717) is 5.41 Å². The van der Waals surface area contributed by atoms with Gasteiger partial charge in [-0.15, -0.1) is 11.3 Å². The lowest BCUT2D eigenvalue weighted by Gasteiger charge is -2.39. The molecule has 2 fully saturated rings. The van der Waals surface area contributed by atoms with Crippen LogP contribution in [-0.4, -0.2) is 25.1 Å². The van der Waals surface area contributed by atoms with Crippen LogP contribution >= 0.6 is 11.3 Å². The van der Waals surface area contributed by atoms with Crippen molar-refractivity contribution in [3.63, 3.8) is 0 Å². The van der Waals surface area contributed by atoms with Gasteiger partial charge in [-0.3, -0.25) is 0 Å². The molecule has 0 amide bonds. The minimum atomic E-state index is 0.704. The van der Waals surface area contributed by atoms with Crippen molar-refractivity contribution in [1.29, 1.82) is 0 Å². The molecule has 1 aromatic heterocycles. The predicted molar refractivity (Wildman–Crippen MR) is 86.6 cm³/mol. The highest BCUT2D eigenvalue weighted by molar-refractivity contribution is 7.15. The summed E-state index contributed by atoms with van der Waals surface area (Å²) < 4.78 is 0. The van der Waals surface area contributed by atoms with Crippen LogP contribution in [0.4, 0.5) is 5.13 Å². The number of aryl methyl sites for hydroxylation is 1. The van der Waals surface area contributed by atoms with Crippen molar-refractivity contribution in [3.8, 4) is 0 Å². The summed E-state index contributed by atoms with van der Waals surface area (Å²) in [6.45, 7) is 5.60. The lowest BCUT2D eigenvalue weighted by atomic mass is 9.77. The molecule has 0 bridgehead atoms. The monoisotopic (exact) mass is 293 g/mol. The summed E-state index contributed by atoms with van der Waals surface area (Å²) in [7, 11) is 2.02. The minimum absolute atomic E-state index is 0.704. The highest BCUT2D eigenvalue weighted by Crippen LogP contribution is 2.47. The molecule has 0 aromatic carbocycles. The van der Waals surface area contributed by atoms with E-state index < -0.39 is 0 Å². The molecular weight excluding hydrogens is 266 g/mol. The number of hydrogen-bond acceptors (Lipinski definition) is 4. The van der Waals surface area contributed by atoms with Gasteiger partial charge in [-0.1, -0.05) is 19.8 Å². The third-order valence-corrected chi connectivity index (χ3v) is 6.36. The van der Waals surface area contributed by atoms with Crippen LogP contribution < -0.4 is 10.2 Å². The molecule has 1 spiro atoms. The zero-order valence-electron chi connectivity index (χ0n) is 12.9. The van der Waals surface area contributed by atoms with Gasteiger partial charge in [-0.05, 0) is 44.6 Å². The average Bonchev–Trinajstić information content (AvgIpc) is 3.08. The van der Waals surface area contributed by atoms with E-state index in [9.17, 15) is 0 Å². The summed E-state index contributed by atoms with van der Waals surface area (Å²) in [6, 6.07) is 0. The molecule has 1 aliphatic heterocycles. The minimum Gasteiger partial charge on any atom is -0.348 e. The molecule has 0 radical (unpaired) electrons. The van der Waals surface area contributed by atoms with E-state index >= 15 is 0 Å². The first-order valence-corrected chi connectivity index (χ1v) is 8.96. The van der Waals surface area contributed by atoms with Gasteiger partial charge in [0, 0.05) is 24.5 Å². The maximum Gasteiger partial charge on any atom is 0.185 e. The van der Waals surface area contributed by atoms with E-state index in [-0.39, 0.29) is 0 Å². The Kier molecular flexibility index (Phi) is 4.32. The third kappa shape index (κ3) is 2.73. The van der Waals surface area contributed by atoms with Crippen LogP contribution in [-0.2, 0) is 13.0 Å². The Morgan fingerprint density at radius 2 is 1.90 bits per heavy atom. The molecule has 0 atom stereocenters. The summed E-state index contributed by atoms with van der Waals surface area (Å²) in [6.07, 6.45) is 9.69. The fourth-order valence-electron chi connectivity index (χ4n) is 3.88. The molecule has 20 heavy (non-hydrogen) atoms.